The molecule has 0 spiro atoms. The molecule has 0 aliphatic carbocycles. The van der Waals surface area contributed by atoms with Gasteiger partial charge in [0.15, 0.2) is 0 Å². The van der Waals surface area contributed by atoms with Gasteiger partial charge in [0, 0.05) is 10.9 Å². The second-order valence-corrected chi connectivity index (χ2v) is 7.81. The lowest BCUT2D eigenvalue weighted by molar-refractivity contribution is 0.285. The molecule has 114 valence electrons. The molecule has 0 saturated carbocycles. The zero-order valence-electron chi connectivity index (χ0n) is 11.6. The van der Waals surface area contributed by atoms with Gasteiger partial charge in [-0.05, 0) is 43.2 Å². The van der Waals surface area contributed by atoms with Crippen molar-refractivity contribution >= 4 is 21.4 Å². The van der Waals surface area contributed by atoms with Crippen molar-refractivity contribution in [1.82, 2.24) is 4.72 Å². The Balaban J connectivity index is 2.24. The number of aliphatic hydroxyl groups is 1. The maximum atomic E-state index is 13.2. The predicted molar refractivity (Wildman–Crippen MR) is 80.1 cm³/mol. The highest BCUT2D eigenvalue weighted by Crippen LogP contribution is 2.27. The zero-order chi connectivity index (χ0) is 15.6. The number of sulfonamides is 1. The number of nitrogens with one attached hydrogen (secondary N) is 1. The molecule has 0 fully saturated rings. The highest BCUT2D eigenvalue weighted by atomic mass is 32.2. The Morgan fingerprint density at radius 2 is 2.10 bits per heavy atom. The van der Waals surface area contributed by atoms with E-state index in [2.05, 4.69) is 4.72 Å². The zero-order valence-corrected chi connectivity index (χ0v) is 13.3. The fourth-order valence-electron chi connectivity index (χ4n) is 1.91. The van der Waals surface area contributed by atoms with Crippen molar-refractivity contribution in [2.75, 3.05) is 0 Å². The third-order valence-corrected chi connectivity index (χ3v) is 6.32. The van der Waals surface area contributed by atoms with Gasteiger partial charge in [-0.2, -0.15) is 0 Å². The molecule has 0 radical (unpaired) electrons. The molecule has 1 atom stereocenters. The van der Waals surface area contributed by atoms with Crippen molar-refractivity contribution < 1.29 is 17.9 Å². The SMILES string of the molecule is Cc1cc(S(=O)(=O)NC(C)c2cccc(F)c2)sc1CO. The average Bonchev–Trinajstić information content (AvgIpc) is 2.80. The average molecular weight is 329 g/mol. The third kappa shape index (κ3) is 3.68. The summed E-state index contributed by atoms with van der Waals surface area (Å²) in [7, 11) is -3.70. The fraction of sp³-hybridized carbons (Fsp3) is 0.286. The van der Waals surface area contributed by atoms with E-state index in [0.717, 1.165) is 16.9 Å². The van der Waals surface area contributed by atoms with E-state index >= 15 is 0 Å². The van der Waals surface area contributed by atoms with Crippen LogP contribution in [0.4, 0.5) is 4.39 Å². The molecule has 4 nitrogen and oxygen atoms in total. The molecule has 1 heterocycles. The summed E-state index contributed by atoms with van der Waals surface area (Å²) in [6.07, 6.45) is 0. The first-order valence-corrected chi connectivity index (χ1v) is 8.61. The van der Waals surface area contributed by atoms with Crippen LogP contribution >= 0.6 is 11.3 Å². The van der Waals surface area contributed by atoms with Crippen LogP contribution in [0.1, 0.15) is 29.0 Å². The molecule has 0 aliphatic rings. The normalized spacial score (nSPS) is 13.3. The summed E-state index contributed by atoms with van der Waals surface area (Å²) in [5.41, 5.74) is 1.29. The Kier molecular flexibility index (Phi) is 4.77. The Hall–Kier alpha value is -1.28. The maximum Gasteiger partial charge on any atom is 0.250 e. The van der Waals surface area contributed by atoms with E-state index in [1.807, 2.05) is 0 Å². The van der Waals surface area contributed by atoms with Gasteiger partial charge < -0.3 is 5.11 Å². The molecule has 0 bridgehead atoms. The van der Waals surface area contributed by atoms with E-state index in [1.165, 1.54) is 24.3 Å². The lowest BCUT2D eigenvalue weighted by Crippen LogP contribution is -2.26. The van der Waals surface area contributed by atoms with Gasteiger partial charge in [-0.3, -0.25) is 0 Å². The molecule has 0 amide bonds. The standard InChI is InChI=1S/C14H16FNO3S2/c1-9-6-14(20-13(9)8-17)21(18,19)16-10(2)11-4-3-5-12(15)7-11/h3-7,10,16-17H,8H2,1-2H3. The number of hydrogen-bond acceptors (Lipinski definition) is 4. The number of rotatable bonds is 5. The lowest BCUT2D eigenvalue weighted by Gasteiger charge is -2.13. The van der Waals surface area contributed by atoms with Crippen LogP contribution in [0.5, 0.6) is 0 Å². The van der Waals surface area contributed by atoms with Gasteiger partial charge in [-0.1, -0.05) is 12.1 Å². The van der Waals surface area contributed by atoms with Crippen LogP contribution in [0.2, 0.25) is 0 Å². The molecule has 0 aliphatic heterocycles. The third-order valence-electron chi connectivity index (χ3n) is 3.09. The van der Waals surface area contributed by atoms with Crippen LogP contribution in [0.3, 0.4) is 0 Å². The summed E-state index contributed by atoms with van der Waals surface area (Å²) in [6.45, 7) is 3.21. The van der Waals surface area contributed by atoms with Gasteiger partial charge in [-0.15, -0.1) is 11.3 Å². The summed E-state index contributed by atoms with van der Waals surface area (Å²) in [4.78, 5) is 0.619. The van der Waals surface area contributed by atoms with Crippen LogP contribution in [0, 0.1) is 12.7 Å². The lowest BCUT2D eigenvalue weighted by atomic mass is 10.1. The van der Waals surface area contributed by atoms with Crippen LogP contribution in [-0.4, -0.2) is 13.5 Å². The van der Waals surface area contributed by atoms with E-state index in [9.17, 15) is 12.8 Å². The molecular weight excluding hydrogens is 313 g/mol. The van der Waals surface area contributed by atoms with Gasteiger partial charge in [0.25, 0.3) is 10.0 Å². The molecule has 2 N–H and O–H groups in total. The van der Waals surface area contributed by atoms with Crippen molar-refractivity contribution in [3.8, 4) is 0 Å². The van der Waals surface area contributed by atoms with E-state index in [4.69, 9.17) is 5.11 Å². The largest absolute Gasteiger partial charge is 0.391 e. The highest BCUT2D eigenvalue weighted by molar-refractivity contribution is 7.91. The van der Waals surface area contributed by atoms with E-state index in [0.29, 0.717) is 10.4 Å². The number of aliphatic hydroxyl groups excluding tert-OH is 1. The summed E-state index contributed by atoms with van der Waals surface area (Å²) < 4.78 is 40.5. The summed E-state index contributed by atoms with van der Waals surface area (Å²) in [6, 6.07) is 6.78. The quantitative estimate of drug-likeness (QED) is 0.886. The molecule has 0 saturated heterocycles. The molecule has 1 aromatic carbocycles. The van der Waals surface area contributed by atoms with Crippen LogP contribution in [-0.2, 0) is 16.6 Å². The van der Waals surface area contributed by atoms with Crippen molar-refractivity contribution in [1.29, 1.82) is 0 Å². The van der Waals surface area contributed by atoms with Gasteiger partial charge in [0.2, 0.25) is 0 Å². The van der Waals surface area contributed by atoms with Gasteiger partial charge in [0.05, 0.1) is 6.61 Å². The number of aryl methyl sites for hydroxylation is 1. The first-order chi connectivity index (χ1) is 9.83. The number of benzene rings is 1. The Bertz CT molecular complexity index is 740. The van der Waals surface area contributed by atoms with Crippen LogP contribution < -0.4 is 4.72 Å². The second-order valence-electron chi connectivity index (χ2n) is 4.73. The molecule has 2 rings (SSSR count). The first-order valence-electron chi connectivity index (χ1n) is 6.31. The van der Waals surface area contributed by atoms with Crippen molar-refractivity contribution in [2.24, 2.45) is 0 Å². The van der Waals surface area contributed by atoms with Gasteiger partial charge in [0.1, 0.15) is 10.0 Å². The molecule has 7 heteroatoms. The summed E-state index contributed by atoms with van der Waals surface area (Å²) >= 11 is 1.03. The number of thiophene rings is 1. The Morgan fingerprint density at radius 1 is 1.38 bits per heavy atom. The minimum atomic E-state index is -3.70. The van der Waals surface area contributed by atoms with E-state index in [1.54, 1.807) is 19.9 Å². The van der Waals surface area contributed by atoms with Gasteiger partial charge in [-0.25, -0.2) is 17.5 Å². The van der Waals surface area contributed by atoms with Crippen molar-refractivity contribution in [3.05, 3.63) is 52.2 Å². The minimum absolute atomic E-state index is 0.146. The maximum absolute atomic E-state index is 13.2. The topological polar surface area (TPSA) is 66.4 Å². The van der Waals surface area contributed by atoms with Crippen molar-refractivity contribution in [2.45, 2.75) is 30.7 Å². The predicted octanol–water partition coefficient (Wildman–Crippen LogP) is 2.73. The minimum Gasteiger partial charge on any atom is -0.391 e. The molecular formula is C14H16FNO3S2. The first kappa shape index (κ1) is 16.1. The number of halogens is 1. The van der Waals surface area contributed by atoms with Crippen LogP contribution in [0.15, 0.2) is 34.5 Å². The second kappa shape index (κ2) is 6.23. The monoisotopic (exact) mass is 329 g/mol. The summed E-state index contributed by atoms with van der Waals surface area (Å²) in [5, 5.41) is 9.14. The van der Waals surface area contributed by atoms with Crippen LogP contribution in [0.25, 0.3) is 0 Å². The van der Waals surface area contributed by atoms with Crippen molar-refractivity contribution in [3.63, 3.8) is 0 Å². The summed E-state index contributed by atoms with van der Waals surface area (Å²) in [5.74, 6) is -0.409. The molecule has 1 unspecified atom stereocenters. The molecule has 1 aromatic heterocycles. The fourth-order valence-corrected chi connectivity index (χ4v) is 4.61. The highest BCUT2D eigenvalue weighted by Gasteiger charge is 2.21. The van der Waals surface area contributed by atoms with E-state index < -0.39 is 21.9 Å². The van der Waals surface area contributed by atoms with E-state index in [-0.39, 0.29) is 10.8 Å². The smallest absolute Gasteiger partial charge is 0.250 e. The number of hydrogen-bond donors (Lipinski definition) is 2. The molecule has 21 heavy (non-hydrogen) atoms. The van der Waals surface area contributed by atoms with Gasteiger partial charge >= 0.3 is 0 Å². The Morgan fingerprint density at radius 3 is 2.67 bits per heavy atom. The molecule has 2 aromatic rings. The Labute approximate surface area is 127 Å².